The van der Waals surface area contributed by atoms with E-state index in [9.17, 15) is 27.9 Å². The lowest BCUT2D eigenvalue weighted by Crippen LogP contribution is -2.39. The first kappa shape index (κ1) is 43.7. The number of benzene rings is 3. The Labute approximate surface area is 333 Å². The zero-order valence-corrected chi connectivity index (χ0v) is 33.0. The second-order valence-electron chi connectivity index (χ2n) is 11.1. The highest BCUT2D eigenvalue weighted by molar-refractivity contribution is 9.11. The lowest BCUT2D eigenvalue weighted by molar-refractivity contribution is -0.192. The topological polar surface area (TPSA) is 199 Å². The Balaban J connectivity index is 0.000000908. The summed E-state index contributed by atoms with van der Waals surface area (Å²) in [4.78, 5) is 42.0. The predicted molar refractivity (Wildman–Crippen MR) is 196 cm³/mol. The highest BCUT2D eigenvalue weighted by Gasteiger charge is 2.41. The Bertz CT molecular complexity index is 1920. The molecule has 1 amide bonds. The molecular formula is C35H35Br2F3N2O14. The molecule has 3 aromatic carbocycles. The zero-order chi connectivity index (χ0) is 41.0. The Hall–Kier alpha value is -4.99. The van der Waals surface area contributed by atoms with E-state index in [0.717, 1.165) is 5.56 Å². The summed E-state index contributed by atoms with van der Waals surface area (Å²) in [6, 6.07) is 8.83. The van der Waals surface area contributed by atoms with Gasteiger partial charge in [-0.15, -0.1) is 0 Å². The van der Waals surface area contributed by atoms with Crippen molar-refractivity contribution in [2.45, 2.75) is 32.2 Å². The van der Waals surface area contributed by atoms with Crippen LogP contribution in [0.3, 0.4) is 0 Å². The second kappa shape index (κ2) is 20.3. The van der Waals surface area contributed by atoms with Gasteiger partial charge in [-0.25, -0.2) is 9.59 Å². The minimum absolute atomic E-state index is 0.0202. The number of ether oxygens (including phenoxy) is 8. The minimum atomic E-state index is -5.08. The molecule has 0 fully saturated rings. The van der Waals surface area contributed by atoms with Crippen LogP contribution in [0.2, 0.25) is 0 Å². The molecule has 2 aliphatic heterocycles. The van der Waals surface area contributed by atoms with Crippen LogP contribution in [0.4, 0.5) is 13.2 Å². The number of nitrogens with zero attached hydrogens (tertiary/aromatic N) is 1. The maximum absolute atomic E-state index is 14.2. The summed E-state index contributed by atoms with van der Waals surface area (Å²) in [6.45, 7) is 2.00. The fraction of sp³-hybridized carbons (Fsp3) is 0.371. The molecule has 0 saturated carbocycles. The maximum Gasteiger partial charge on any atom is 0.490 e. The highest BCUT2D eigenvalue weighted by Crippen LogP contribution is 2.60. The molecule has 0 aromatic heterocycles. The van der Waals surface area contributed by atoms with Gasteiger partial charge in [-0.1, -0.05) is 35.5 Å². The monoisotopic (exact) mass is 922 g/mol. The Morgan fingerprint density at radius 3 is 1.96 bits per heavy atom. The highest BCUT2D eigenvalue weighted by atomic mass is 79.9. The third kappa shape index (κ3) is 10.2. The molecule has 0 saturated heterocycles. The van der Waals surface area contributed by atoms with Gasteiger partial charge in [-0.05, 0) is 44.3 Å². The number of aliphatic hydroxyl groups is 1. The van der Waals surface area contributed by atoms with Gasteiger partial charge in [0.25, 0.3) is 5.91 Å². The van der Waals surface area contributed by atoms with Crippen LogP contribution >= 0.6 is 31.9 Å². The number of aliphatic carboxylic acids is 1. The molecule has 21 heteroatoms. The Kier molecular flexibility index (Phi) is 15.8. The number of halogens is 5. The fourth-order valence-corrected chi connectivity index (χ4v) is 6.54. The Morgan fingerprint density at radius 2 is 1.45 bits per heavy atom. The van der Waals surface area contributed by atoms with Crippen molar-refractivity contribution in [1.82, 2.24) is 5.32 Å². The average molecular weight is 924 g/mol. The summed E-state index contributed by atoms with van der Waals surface area (Å²) in [7, 11) is 2.81. The summed E-state index contributed by atoms with van der Waals surface area (Å²) in [5.74, 6) is -3.29. The third-order valence-corrected chi connectivity index (χ3v) is 9.01. The number of carbonyl (C=O) groups excluding carboxylic acids is 2. The molecular weight excluding hydrogens is 889 g/mol. The number of carbonyl (C=O) groups is 3. The van der Waals surface area contributed by atoms with Crippen molar-refractivity contribution in [3.8, 4) is 45.6 Å². The summed E-state index contributed by atoms with van der Waals surface area (Å²) < 4.78 is 77.6. The van der Waals surface area contributed by atoms with E-state index in [1.807, 2.05) is 30.3 Å². The number of oxime groups is 1. The summed E-state index contributed by atoms with van der Waals surface area (Å²) in [5, 5.41) is 23.9. The van der Waals surface area contributed by atoms with Gasteiger partial charge in [0, 0.05) is 17.5 Å². The van der Waals surface area contributed by atoms with Gasteiger partial charge in [-0.2, -0.15) is 13.2 Å². The van der Waals surface area contributed by atoms with Crippen LogP contribution in [0.15, 0.2) is 44.4 Å². The lowest BCUT2D eigenvalue weighted by atomic mass is 9.91. The summed E-state index contributed by atoms with van der Waals surface area (Å²) in [5.41, 5.74) is 1.23. The Morgan fingerprint density at radius 1 is 0.911 bits per heavy atom. The van der Waals surface area contributed by atoms with Crippen LogP contribution in [-0.2, 0) is 25.7 Å². The number of amides is 1. The summed E-state index contributed by atoms with van der Waals surface area (Å²) in [6.07, 6.45) is -3.24. The smallest absolute Gasteiger partial charge is 0.490 e. The van der Waals surface area contributed by atoms with Gasteiger partial charge in [0.2, 0.25) is 25.1 Å². The van der Waals surface area contributed by atoms with Crippen LogP contribution in [0.25, 0.3) is 11.1 Å². The molecule has 5 rings (SSSR count). The number of carboxylic acids is 1. The summed E-state index contributed by atoms with van der Waals surface area (Å²) >= 11 is 6.98. The first-order chi connectivity index (χ1) is 26.8. The maximum atomic E-state index is 14.2. The largest absolute Gasteiger partial charge is 0.492 e. The minimum Gasteiger partial charge on any atom is -0.492 e. The molecule has 16 nitrogen and oxygen atoms in total. The van der Waals surface area contributed by atoms with Crippen molar-refractivity contribution >= 4 is 55.9 Å². The van der Waals surface area contributed by atoms with Crippen molar-refractivity contribution < 1.29 is 80.5 Å². The van der Waals surface area contributed by atoms with Crippen molar-refractivity contribution in [1.29, 1.82) is 0 Å². The number of rotatable bonds is 16. The van der Waals surface area contributed by atoms with Crippen molar-refractivity contribution in [3.05, 3.63) is 56.0 Å². The standard InChI is InChI=1S/C33H34Br2N2O12.C2HF3O2/c1-4-44-33(40)23-21(27-31(48-17-46-27)29(42-3)25(23)35)20-22(24(34)28(41-2)30-26(20)45-16-47-30)32(39)37-19(14-38)13-36-49-12-8-11-43-15-18-9-6-5-7-10-18;3-2(4,5)1(6)7/h5-7,9-10,13,19,38H,4,8,11-12,14-17H2,1-3H3,(H,37,39);(H,6,7)/b36-13+;. The predicted octanol–water partition coefficient (Wildman–Crippen LogP) is 5.86. The molecule has 2 aliphatic rings. The molecule has 304 valence electrons. The van der Waals surface area contributed by atoms with E-state index in [-0.39, 0.29) is 92.5 Å². The molecule has 0 aliphatic carbocycles. The van der Waals surface area contributed by atoms with Gasteiger partial charge in [0.1, 0.15) is 6.61 Å². The van der Waals surface area contributed by atoms with Gasteiger partial charge in [0.15, 0.2) is 23.0 Å². The number of hydrogen-bond donors (Lipinski definition) is 3. The quantitative estimate of drug-likeness (QED) is 0.0668. The molecule has 56 heavy (non-hydrogen) atoms. The number of esters is 1. The third-order valence-electron chi connectivity index (χ3n) is 7.50. The van der Waals surface area contributed by atoms with E-state index in [1.54, 1.807) is 6.92 Å². The van der Waals surface area contributed by atoms with Gasteiger partial charge < -0.3 is 58.3 Å². The van der Waals surface area contributed by atoms with Crippen LogP contribution in [0, 0.1) is 0 Å². The number of methoxy groups -OCH3 is 2. The van der Waals surface area contributed by atoms with Gasteiger partial charge in [0.05, 0.1) is 73.0 Å². The van der Waals surface area contributed by atoms with E-state index in [0.29, 0.717) is 19.6 Å². The average Bonchev–Trinajstić information content (AvgIpc) is 3.85. The van der Waals surface area contributed by atoms with Crippen molar-refractivity contribution in [2.75, 3.05) is 54.2 Å². The molecule has 3 N–H and O–H groups in total. The molecule has 0 radical (unpaired) electrons. The molecule has 1 atom stereocenters. The van der Waals surface area contributed by atoms with Gasteiger partial charge in [-0.3, -0.25) is 4.79 Å². The first-order valence-corrected chi connectivity index (χ1v) is 17.9. The number of fused-ring (bicyclic) bond motifs is 2. The first-order valence-electron chi connectivity index (χ1n) is 16.3. The second-order valence-corrected chi connectivity index (χ2v) is 12.7. The van der Waals surface area contributed by atoms with Crippen LogP contribution in [0.5, 0.6) is 34.5 Å². The molecule has 2 heterocycles. The zero-order valence-electron chi connectivity index (χ0n) is 29.8. The van der Waals surface area contributed by atoms with Gasteiger partial charge >= 0.3 is 18.1 Å². The van der Waals surface area contributed by atoms with E-state index in [1.165, 1.54) is 20.4 Å². The van der Waals surface area contributed by atoms with Crippen LogP contribution in [0.1, 0.15) is 39.6 Å². The van der Waals surface area contributed by atoms with Crippen LogP contribution in [-0.4, -0.2) is 101 Å². The number of hydrogen-bond acceptors (Lipinski definition) is 14. The molecule has 0 bridgehead atoms. The molecule has 0 spiro atoms. The number of alkyl halides is 3. The van der Waals surface area contributed by atoms with E-state index < -0.39 is 36.7 Å². The van der Waals surface area contributed by atoms with E-state index in [2.05, 4.69) is 42.3 Å². The molecule has 3 aromatic rings. The molecule has 1 unspecified atom stereocenters. The van der Waals surface area contributed by atoms with Crippen LogP contribution < -0.4 is 33.7 Å². The van der Waals surface area contributed by atoms with Crippen molar-refractivity contribution in [2.24, 2.45) is 5.16 Å². The normalized spacial score (nSPS) is 13.1. The fourth-order valence-electron chi connectivity index (χ4n) is 5.12. The number of nitrogens with one attached hydrogen (secondary N) is 1. The van der Waals surface area contributed by atoms with E-state index in [4.69, 9.17) is 52.6 Å². The van der Waals surface area contributed by atoms with E-state index >= 15 is 0 Å². The number of carboxylic acid groups (broad SMARTS) is 1. The SMILES string of the molecule is CCOC(=O)c1c(Br)c(OC)c2c(c1-c1c3c(c(OC)c(Br)c1C(=O)NC(/C=N/OCCCOCc1ccccc1)CO)OCO3)OCO2.O=C(O)C(F)(F)F. The number of aliphatic hydroxyl groups excluding tert-OH is 1. The van der Waals surface area contributed by atoms with Crippen molar-refractivity contribution in [3.63, 3.8) is 0 Å². The lowest BCUT2D eigenvalue weighted by Gasteiger charge is -2.22.